The Balaban J connectivity index is 2.77. The number of ether oxygens (including phenoxy) is 1. The monoisotopic (exact) mass is 271 g/mol. The van der Waals surface area contributed by atoms with Crippen LogP contribution in [0.15, 0.2) is 18.2 Å². The van der Waals surface area contributed by atoms with Gasteiger partial charge in [0.15, 0.2) is 0 Å². The number of methoxy groups -OCH3 is 1. The van der Waals surface area contributed by atoms with Gasteiger partial charge in [0, 0.05) is 19.1 Å². The van der Waals surface area contributed by atoms with Crippen molar-refractivity contribution in [1.29, 1.82) is 0 Å². The van der Waals surface area contributed by atoms with Gasteiger partial charge in [-0.05, 0) is 38.5 Å². The molecule has 0 aromatic heterocycles. The second kappa shape index (κ2) is 6.98. The van der Waals surface area contributed by atoms with Gasteiger partial charge in [0.25, 0.3) is 0 Å². The van der Waals surface area contributed by atoms with E-state index in [-0.39, 0.29) is 6.10 Å². The van der Waals surface area contributed by atoms with Gasteiger partial charge in [-0.25, -0.2) is 0 Å². The van der Waals surface area contributed by atoms with Crippen LogP contribution in [0.3, 0.4) is 0 Å². The fourth-order valence-electron chi connectivity index (χ4n) is 1.84. The molecule has 1 unspecified atom stereocenters. The number of benzene rings is 1. The third kappa shape index (κ3) is 4.48. The molecule has 1 N–H and O–H groups in total. The van der Waals surface area contributed by atoms with E-state index in [0.29, 0.717) is 23.4 Å². The summed E-state index contributed by atoms with van der Waals surface area (Å²) in [4.78, 5) is 2.21. The Labute approximate surface area is 114 Å². The Kier molecular flexibility index (Phi) is 5.93. The molecule has 0 amide bonds. The van der Waals surface area contributed by atoms with E-state index >= 15 is 0 Å². The highest BCUT2D eigenvalue weighted by Gasteiger charge is 2.13. The van der Waals surface area contributed by atoms with E-state index in [1.54, 1.807) is 14.0 Å². The highest BCUT2D eigenvalue weighted by atomic mass is 35.5. The number of aliphatic hydroxyl groups is 1. The lowest BCUT2D eigenvalue weighted by molar-refractivity contribution is 0.103. The molecule has 0 spiro atoms. The van der Waals surface area contributed by atoms with Crippen LogP contribution in [0.2, 0.25) is 5.02 Å². The van der Waals surface area contributed by atoms with Gasteiger partial charge < -0.3 is 9.84 Å². The topological polar surface area (TPSA) is 32.7 Å². The summed E-state index contributed by atoms with van der Waals surface area (Å²) >= 11 is 6.11. The minimum atomic E-state index is -0.332. The van der Waals surface area contributed by atoms with Crippen molar-refractivity contribution >= 4 is 11.6 Å². The number of hydrogen-bond donors (Lipinski definition) is 1. The lowest BCUT2D eigenvalue weighted by Crippen LogP contribution is -2.36. The fourth-order valence-corrected chi connectivity index (χ4v) is 2.12. The zero-order valence-corrected chi connectivity index (χ0v) is 12.2. The van der Waals surface area contributed by atoms with Crippen LogP contribution in [0.5, 0.6) is 5.75 Å². The maximum atomic E-state index is 9.50. The van der Waals surface area contributed by atoms with Gasteiger partial charge in [0.1, 0.15) is 5.75 Å². The van der Waals surface area contributed by atoms with Crippen molar-refractivity contribution < 1.29 is 9.84 Å². The molecule has 0 radical (unpaired) electrons. The zero-order chi connectivity index (χ0) is 13.7. The SMILES string of the molecule is COc1ccc(CN(CC(C)O)C(C)C)cc1Cl. The third-order valence-electron chi connectivity index (χ3n) is 2.83. The second-order valence-corrected chi connectivity index (χ2v) is 5.25. The van der Waals surface area contributed by atoms with Gasteiger partial charge >= 0.3 is 0 Å². The molecule has 0 saturated heterocycles. The van der Waals surface area contributed by atoms with E-state index in [9.17, 15) is 5.11 Å². The van der Waals surface area contributed by atoms with Gasteiger partial charge in [-0.15, -0.1) is 0 Å². The molecule has 1 rings (SSSR count). The van der Waals surface area contributed by atoms with Crippen molar-refractivity contribution in [3.63, 3.8) is 0 Å². The maximum absolute atomic E-state index is 9.50. The Bertz CT molecular complexity index is 380. The standard InChI is InChI=1S/C14H22ClNO2/c1-10(2)16(8-11(3)17)9-12-5-6-14(18-4)13(15)7-12/h5-7,10-11,17H,8-9H2,1-4H3. The van der Waals surface area contributed by atoms with Crippen LogP contribution in [-0.4, -0.2) is 35.8 Å². The molecular formula is C14H22ClNO2. The van der Waals surface area contributed by atoms with Gasteiger partial charge in [-0.3, -0.25) is 4.90 Å². The van der Waals surface area contributed by atoms with Crippen LogP contribution in [0, 0.1) is 0 Å². The summed E-state index contributed by atoms with van der Waals surface area (Å²) in [5.41, 5.74) is 1.12. The molecule has 3 nitrogen and oxygen atoms in total. The predicted octanol–water partition coefficient (Wildman–Crippen LogP) is 2.94. The van der Waals surface area contributed by atoms with Gasteiger partial charge in [-0.1, -0.05) is 17.7 Å². The fraction of sp³-hybridized carbons (Fsp3) is 0.571. The summed E-state index contributed by atoms with van der Waals surface area (Å²) in [5, 5.41) is 10.1. The highest BCUT2D eigenvalue weighted by Crippen LogP contribution is 2.25. The summed E-state index contributed by atoms with van der Waals surface area (Å²) < 4.78 is 5.13. The average molecular weight is 272 g/mol. The lowest BCUT2D eigenvalue weighted by Gasteiger charge is -2.27. The van der Waals surface area contributed by atoms with Crippen molar-refractivity contribution in [2.24, 2.45) is 0 Å². The largest absolute Gasteiger partial charge is 0.495 e. The molecule has 1 aromatic carbocycles. The molecule has 102 valence electrons. The molecule has 0 fully saturated rings. The van der Waals surface area contributed by atoms with Crippen LogP contribution in [-0.2, 0) is 6.54 Å². The average Bonchev–Trinajstić information content (AvgIpc) is 2.27. The number of halogens is 1. The Morgan fingerprint density at radius 3 is 2.44 bits per heavy atom. The molecule has 0 aliphatic heterocycles. The van der Waals surface area contributed by atoms with Crippen molar-refractivity contribution in [1.82, 2.24) is 4.90 Å². The van der Waals surface area contributed by atoms with E-state index in [1.165, 1.54) is 0 Å². The van der Waals surface area contributed by atoms with Crippen molar-refractivity contribution in [3.05, 3.63) is 28.8 Å². The van der Waals surface area contributed by atoms with Gasteiger partial charge in [-0.2, -0.15) is 0 Å². The minimum Gasteiger partial charge on any atom is -0.495 e. The summed E-state index contributed by atoms with van der Waals surface area (Å²) in [7, 11) is 1.61. The molecule has 1 atom stereocenters. The van der Waals surface area contributed by atoms with E-state index < -0.39 is 0 Å². The highest BCUT2D eigenvalue weighted by molar-refractivity contribution is 6.32. The first-order valence-corrected chi connectivity index (χ1v) is 6.56. The molecule has 0 aliphatic carbocycles. The third-order valence-corrected chi connectivity index (χ3v) is 3.13. The second-order valence-electron chi connectivity index (χ2n) is 4.84. The molecule has 0 aliphatic rings. The predicted molar refractivity (Wildman–Crippen MR) is 75.2 cm³/mol. The molecular weight excluding hydrogens is 250 g/mol. The number of hydrogen-bond acceptors (Lipinski definition) is 3. The number of aliphatic hydroxyl groups excluding tert-OH is 1. The summed E-state index contributed by atoms with van der Waals surface area (Å²) in [6, 6.07) is 6.17. The van der Waals surface area contributed by atoms with Gasteiger partial charge in [0.2, 0.25) is 0 Å². The quantitative estimate of drug-likeness (QED) is 0.864. The minimum absolute atomic E-state index is 0.332. The normalized spacial score (nSPS) is 13.1. The van der Waals surface area contributed by atoms with Crippen LogP contribution in [0.25, 0.3) is 0 Å². The Morgan fingerprint density at radius 2 is 2.00 bits per heavy atom. The summed E-state index contributed by atoms with van der Waals surface area (Å²) in [6.45, 7) is 7.46. The summed E-state index contributed by atoms with van der Waals surface area (Å²) in [6.07, 6.45) is -0.332. The van der Waals surface area contributed by atoms with E-state index in [4.69, 9.17) is 16.3 Å². The first-order valence-electron chi connectivity index (χ1n) is 6.18. The van der Waals surface area contributed by atoms with Crippen LogP contribution < -0.4 is 4.74 Å². The molecule has 1 aromatic rings. The number of rotatable bonds is 6. The van der Waals surface area contributed by atoms with Crippen LogP contribution >= 0.6 is 11.6 Å². The smallest absolute Gasteiger partial charge is 0.137 e. The van der Waals surface area contributed by atoms with Crippen molar-refractivity contribution in [2.75, 3.05) is 13.7 Å². The first kappa shape index (κ1) is 15.3. The Morgan fingerprint density at radius 1 is 1.33 bits per heavy atom. The van der Waals surface area contributed by atoms with E-state index in [1.807, 2.05) is 18.2 Å². The molecule has 0 saturated carbocycles. The van der Waals surface area contributed by atoms with E-state index in [2.05, 4.69) is 18.7 Å². The molecule has 4 heteroatoms. The van der Waals surface area contributed by atoms with Crippen LogP contribution in [0.4, 0.5) is 0 Å². The zero-order valence-electron chi connectivity index (χ0n) is 11.5. The maximum Gasteiger partial charge on any atom is 0.137 e. The Hall–Kier alpha value is -0.770. The molecule has 0 heterocycles. The molecule has 0 bridgehead atoms. The van der Waals surface area contributed by atoms with E-state index in [0.717, 1.165) is 12.1 Å². The molecule has 18 heavy (non-hydrogen) atoms. The number of nitrogens with zero attached hydrogens (tertiary/aromatic N) is 1. The van der Waals surface area contributed by atoms with Crippen molar-refractivity contribution in [2.45, 2.75) is 39.5 Å². The van der Waals surface area contributed by atoms with Gasteiger partial charge in [0.05, 0.1) is 18.2 Å². The lowest BCUT2D eigenvalue weighted by atomic mass is 10.1. The summed E-state index contributed by atoms with van der Waals surface area (Å²) in [5.74, 6) is 0.687. The first-order chi connectivity index (χ1) is 8.43. The van der Waals surface area contributed by atoms with Crippen LogP contribution in [0.1, 0.15) is 26.3 Å². The van der Waals surface area contributed by atoms with Crippen molar-refractivity contribution in [3.8, 4) is 5.75 Å².